The van der Waals surface area contributed by atoms with Crippen molar-refractivity contribution in [3.8, 4) is 0 Å². The molecule has 58 valence electrons. The molecule has 0 spiro atoms. The Labute approximate surface area is 71.3 Å². The molecule has 0 N–H and O–H groups in total. The van der Waals surface area contributed by atoms with E-state index in [-0.39, 0.29) is 0 Å². The van der Waals surface area contributed by atoms with Crippen molar-refractivity contribution < 1.29 is 0 Å². The summed E-state index contributed by atoms with van der Waals surface area (Å²) in [6.07, 6.45) is 7.88. The summed E-state index contributed by atoms with van der Waals surface area (Å²) in [5.41, 5.74) is 3.42. The summed E-state index contributed by atoms with van der Waals surface area (Å²) in [6.45, 7) is 2.19. The molecule has 1 aliphatic heterocycles. The standard InChI is InChI=1S/C9H11NS/c1-2-7-3-4-8-9(5-7)11-6-10-8/h3-6,8-9H,2H2,1H3. The minimum atomic E-state index is 0.426. The van der Waals surface area contributed by atoms with Gasteiger partial charge in [-0.3, -0.25) is 4.99 Å². The molecule has 0 aromatic heterocycles. The Morgan fingerprint density at radius 2 is 2.55 bits per heavy atom. The predicted molar refractivity (Wildman–Crippen MR) is 51.2 cm³/mol. The molecule has 2 rings (SSSR count). The van der Waals surface area contributed by atoms with E-state index in [4.69, 9.17) is 0 Å². The molecule has 0 saturated heterocycles. The molecule has 0 saturated carbocycles. The van der Waals surface area contributed by atoms with Crippen LogP contribution >= 0.6 is 11.8 Å². The average molecular weight is 165 g/mol. The largest absolute Gasteiger partial charge is 0.277 e. The first-order chi connectivity index (χ1) is 5.40. The lowest BCUT2D eigenvalue weighted by atomic mass is 10.0. The van der Waals surface area contributed by atoms with Crippen LogP contribution in [-0.4, -0.2) is 16.8 Å². The molecule has 11 heavy (non-hydrogen) atoms. The van der Waals surface area contributed by atoms with Gasteiger partial charge < -0.3 is 0 Å². The Morgan fingerprint density at radius 1 is 1.64 bits per heavy atom. The van der Waals surface area contributed by atoms with Gasteiger partial charge in [0.05, 0.1) is 16.8 Å². The molecule has 2 heteroatoms. The first-order valence-electron chi connectivity index (χ1n) is 3.96. The smallest absolute Gasteiger partial charge is 0.0846 e. The van der Waals surface area contributed by atoms with Gasteiger partial charge >= 0.3 is 0 Å². The van der Waals surface area contributed by atoms with Crippen LogP contribution in [0.4, 0.5) is 0 Å². The highest BCUT2D eigenvalue weighted by Gasteiger charge is 2.22. The van der Waals surface area contributed by atoms with Crippen molar-refractivity contribution in [1.82, 2.24) is 0 Å². The van der Waals surface area contributed by atoms with Crippen LogP contribution in [-0.2, 0) is 0 Å². The third-order valence-corrected chi connectivity index (χ3v) is 3.05. The number of nitrogens with zero attached hydrogens (tertiary/aromatic N) is 1. The Balaban J connectivity index is 2.18. The van der Waals surface area contributed by atoms with Gasteiger partial charge in [0.1, 0.15) is 0 Å². The third kappa shape index (κ3) is 1.27. The number of rotatable bonds is 1. The van der Waals surface area contributed by atoms with E-state index in [1.54, 1.807) is 0 Å². The summed E-state index contributed by atoms with van der Waals surface area (Å²) >= 11 is 1.83. The summed E-state index contributed by atoms with van der Waals surface area (Å²) in [7, 11) is 0. The molecule has 1 aliphatic carbocycles. The van der Waals surface area contributed by atoms with Crippen LogP contribution < -0.4 is 0 Å². The van der Waals surface area contributed by atoms with E-state index < -0.39 is 0 Å². The molecule has 0 aromatic rings. The van der Waals surface area contributed by atoms with Gasteiger partial charge in [0, 0.05) is 0 Å². The molecule has 0 bridgehead atoms. The predicted octanol–water partition coefficient (Wildman–Crippen LogP) is 2.40. The van der Waals surface area contributed by atoms with Crippen LogP contribution in [0.3, 0.4) is 0 Å². The van der Waals surface area contributed by atoms with Crippen LogP contribution in [0.1, 0.15) is 13.3 Å². The van der Waals surface area contributed by atoms with Crippen LogP contribution in [0.2, 0.25) is 0 Å². The maximum absolute atomic E-state index is 4.33. The fourth-order valence-corrected chi connectivity index (χ4v) is 2.29. The molecule has 0 amide bonds. The lowest BCUT2D eigenvalue weighted by Crippen LogP contribution is -2.15. The summed E-state index contributed by atoms with van der Waals surface area (Å²) in [4.78, 5) is 4.33. The zero-order valence-corrected chi connectivity index (χ0v) is 7.34. The topological polar surface area (TPSA) is 12.4 Å². The molecule has 2 unspecified atom stereocenters. The maximum Gasteiger partial charge on any atom is 0.0846 e. The fourth-order valence-electron chi connectivity index (χ4n) is 1.36. The Kier molecular flexibility index (Phi) is 1.86. The van der Waals surface area contributed by atoms with Crippen LogP contribution in [0.15, 0.2) is 28.8 Å². The van der Waals surface area contributed by atoms with Gasteiger partial charge in [-0.25, -0.2) is 0 Å². The second-order valence-electron chi connectivity index (χ2n) is 2.80. The zero-order valence-electron chi connectivity index (χ0n) is 6.53. The molecule has 0 radical (unpaired) electrons. The molecule has 1 heterocycles. The van der Waals surface area contributed by atoms with Crippen molar-refractivity contribution in [2.24, 2.45) is 4.99 Å². The lowest BCUT2D eigenvalue weighted by molar-refractivity contribution is 0.847. The van der Waals surface area contributed by atoms with Crippen molar-refractivity contribution in [3.05, 3.63) is 23.8 Å². The first-order valence-corrected chi connectivity index (χ1v) is 4.90. The van der Waals surface area contributed by atoms with Crippen molar-refractivity contribution in [3.63, 3.8) is 0 Å². The molecule has 2 atom stereocenters. The Hall–Kier alpha value is -0.500. The highest BCUT2D eigenvalue weighted by atomic mass is 32.2. The average Bonchev–Trinajstić information content (AvgIpc) is 2.50. The second kappa shape index (κ2) is 2.86. The summed E-state index contributed by atoms with van der Waals surface area (Å²) in [5.74, 6) is 0. The minimum absolute atomic E-state index is 0.426. The van der Waals surface area contributed by atoms with Gasteiger partial charge in [-0.1, -0.05) is 30.7 Å². The van der Waals surface area contributed by atoms with Gasteiger partial charge in [0.15, 0.2) is 0 Å². The summed E-state index contributed by atoms with van der Waals surface area (Å²) < 4.78 is 0. The van der Waals surface area contributed by atoms with Gasteiger partial charge in [-0.15, -0.1) is 11.8 Å². The quantitative estimate of drug-likeness (QED) is 0.581. The van der Waals surface area contributed by atoms with E-state index in [9.17, 15) is 0 Å². The number of hydrogen-bond donors (Lipinski definition) is 0. The van der Waals surface area contributed by atoms with E-state index in [1.807, 2.05) is 17.3 Å². The normalized spacial score (nSPS) is 33.7. The zero-order chi connectivity index (χ0) is 7.68. The lowest BCUT2D eigenvalue weighted by Gasteiger charge is -2.15. The summed E-state index contributed by atoms with van der Waals surface area (Å²) in [5, 5.41) is 0.593. The maximum atomic E-state index is 4.33. The van der Waals surface area contributed by atoms with Crippen molar-refractivity contribution in [1.29, 1.82) is 0 Å². The monoisotopic (exact) mass is 165 g/mol. The molecular formula is C9H11NS. The number of fused-ring (bicyclic) bond motifs is 1. The molecule has 0 aromatic carbocycles. The van der Waals surface area contributed by atoms with Crippen LogP contribution in [0, 0.1) is 0 Å². The highest BCUT2D eigenvalue weighted by Crippen LogP contribution is 2.29. The van der Waals surface area contributed by atoms with Gasteiger partial charge in [0.25, 0.3) is 0 Å². The highest BCUT2D eigenvalue weighted by molar-refractivity contribution is 8.13. The van der Waals surface area contributed by atoms with E-state index in [0.29, 0.717) is 11.3 Å². The van der Waals surface area contributed by atoms with Crippen LogP contribution in [0.25, 0.3) is 0 Å². The fraction of sp³-hybridized carbons (Fsp3) is 0.444. The number of thioether (sulfide) groups is 1. The molecule has 0 fully saturated rings. The molecular weight excluding hydrogens is 154 g/mol. The summed E-state index contributed by atoms with van der Waals surface area (Å²) in [6, 6.07) is 0.426. The van der Waals surface area contributed by atoms with Gasteiger partial charge in [-0.05, 0) is 6.42 Å². The van der Waals surface area contributed by atoms with Gasteiger partial charge in [-0.2, -0.15) is 0 Å². The number of hydrogen-bond acceptors (Lipinski definition) is 2. The van der Waals surface area contributed by atoms with Crippen molar-refractivity contribution in [2.45, 2.75) is 24.6 Å². The van der Waals surface area contributed by atoms with E-state index in [1.165, 1.54) is 5.57 Å². The number of aliphatic imine (C=N–C) groups is 1. The number of allylic oxidation sites excluding steroid dienone is 2. The van der Waals surface area contributed by atoms with Gasteiger partial charge in [0.2, 0.25) is 0 Å². The van der Waals surface area contributed by atoms with E-state index >= 15 is 0 Å². The van der Waals surface area contributed by atoms with Crippen molar-refractivity contribution >= 4 is 17.3 Å². The first kappa shape index (κ1) is 7.17. The Morgan fingerprint density at radius 3 is 3.36 bits per heavy atom. The SMILES string of the molecule is CCC1=CC2SC=NC2C=C1. The second-order valence-corrected chi connectivity index (χ2v) is 3.83. The van der Waals surface area contributed by atoms with E-state index in [2.05, 4.69) is 30.1 Å². The third-order valence-electron chi connectivity index (χ3n) is 2.08. The van der Waals surface area contributed by atoms with Crippen LogP contribution in [0.5, 0.6) is 0 Å². The minimum Gasteiger partial charge on any atom is -0.277 e. The van der Waals surface area contributed by atoms with Crippen molar-refractivity contribution in [2.75, 3.05) is 0 Å². The molecule has 2 aliphatic rings. The van der Waals surface area contributed by atoms with E-state index in [0.717, 1.165) is 6.42 Å². The Bertz CT molecular complexity index is 240. The molecule has 1 nitrogen and oxygen atoms in total.